The molecule has 0 fully saturated rings. The molecule has 0 bridgehead atoms. The van der Waals surface area contributed by atoms with Crippen LogP contribution in [0.1, 0.15) is 28.4 Å². The van der Waals surface area contributed by atoms with Gasteiger partial charge in [0, 0.05) is 12.1 Å². The van der Waals surface area contributed by atoms with Gasteiger partial charge in [0.15, 0.2) is 0 Å². The maximum atomic E-state index is 12.7. The number of carbonyl (C=O) groups excluding carboxylic acids is 1. The van der Waals surface area contributed by atoms with Gasteiger partial charge in [-0.3, -0.25) is 9.52 Å². The van der Waals surface area contributed by atoms with Gasteiger partial charge >= 0.3 is 0 Å². The zero-order valence-corrected chi connectivity index (χ0v) is 17.7. The highest BCUT2D eigenvalue weighted by Gasteiger charge is 2.17. The molecule has 3 rings (SSSR count). The smallest absolute Gasteiger partial charge is 0.261 e. The summed E-state index contributed by atoms with van der Waals surface area (Å²) in [5.41, 5.74) is 2.24. The number of nitrogens with one attached hydrogen (secondary N) is 2. The fraction of sp³-hybridized carbons (Fsp3) is 0.174. The summed E-state index contributed by atoms with van der Waals surface area (Å²) >= 11 is 0. The van der Waals surface area contributed by atoms with Gasteiger partial charge in [0.2, 0.25) is 0 Å². The summed E-state index contributed by atoms with van der Waals surface area (Å²) in [5.74, 6) is 0.466. The van der Waals surface area contributed by atoms with Crippen molar-refractivity contribution < 1.29 is 17.9 Å². The van der Waals surface area contributed by atoms with Crippen LogP contribution in [-0.2, 0) is 16.6 Å². The number of benzene rings is 3. The van der Waals surface area contributed by atoms with Gasteiger partial charge < -0.3 is 10.1 Å². The van der Waals surface area contributed by atoms with E-state index in [1.54, 1.807) is 43.3 Å². The third-order valence-electron chi connectivity index (χ3n) is 4.54. The van der Waals surface area contributed by atoms with Gasteiger partial charge in [-0.25, -0.2) is 8.42 Å². The highest BCUT2D eigenvalue weighted by atomic mass is 32.2. The summed E-state index contributed by atoms with van der Waals surface area (Å²) in [5, 5.41) is 2.88. The number of carbonyl (C=O) groups is 1. The van der Waals surface area contributed by atoms with Crippen LogP contribution in [0.4, 0.5) is 5.69 Å². The second kappa shape index (κ2) is 9.45. The molecule has 2 N–H and O–H groups in total. The van der Waals surface area contributed by atoms with Crippen molar-refractivity contribution in [3.63, 3.8) is 0 Å². The fourth-order valence-corrected chi connectivity index (χ4v) is 4.13. The van der Waals surface area contributed by atoms with E-state index >= 15 is 0 Å². The Hall–Kier alpha value is -3.32. The van der Waals surface area contributed by atoms with Crippen LogP contribution in [-0.4, -0.2) is 20.9 Å². The molecule has 0 saturated carbocycles. The lowest BCUT2D eigenvalue weighted by Crippen LogP contribution is -2.24. The van der Waals surface area contributed by atoms with E-state index in [1.165, 1.54) is 12.1 Å². The SMILES string of the molecule is CCOc1cccc(CNC(=O)c2cccc(NS(=O)(=O)c3ccccc3)c2C)c1. The first kappa shape index (κ1) is 21.4. The molecule has 30 heavy (non-hydrogen) atoms. The minimum Gasteiger partial charge on any atom is -0.494 e. The van der Waals surface area contributed by atoms with E-state index in [0.29, 0.717) is 30.0 Å². The summed E-state index contributed by atoms with van der Waals surface area (Å²) in [6, 6.07) is 20.6. The lowest BCUT2D eigenvalue weighted by Gasteiger charge is -2.14. The first-order valence-electron chi connectivity index (χ1n) is 9.58. The molecule has 3 aromatic carbocycles. The number of ether oxygens (including phenoxy) is 1. The summed E-state index contributed by atoms with van der Waals surface area (Å²) in [6.45, 7) is 4.53. The average molecular weight is 425 g/mol. The molecule has 156 valence electrons. The number of hydrogen-bond acceptors (Lipinski definition) is 4. The van der Waals surface area contributed by atoms with Crippen LogP contribution < -0.4 is 14.8 Å². The number of sulfonamides is 1. The Kier molecular flexibility index (Phi) is 6.74. The van der Waals surface area contributed by atoms with Crippen LogP contribution in [0.2, 0.25) is 0 Å². The van der Waals surface area contributed by atoms with E-state index in [2.05, 4.69) is 10.0 Å². The van der Waals surface area contributed by atoms with Gasteiger partial charge in [-0.15, -0.1) is 0 Å². The maximum absolute atomic E-state index is 12.7. The van der Waals surface area contributed by atoms with Crippen molar-refractivity contribution in [2.75, 3.05) is 11.3 Å². The molecule has 0 unspecified atom stereocenters. The van der Waals surface area contributed by atoms with Crippen molar-refractivity contribution in [3.8, 4) is 5.75 Å². The Bertz CT molecular complexity index is 1130. The van der Waals surface area contributed by atoms with Crippen molar-refractivity contribution in [1.82, 2.24) is 5.32 Å². The van der Waals surface area contributed by atoms with Crippen molar-refractivity contribution in [2.45, 2.75) is 25.3 Å². The Morgan fingerprint density at radius 1 is 0.967 bits per heavy atom. The summed E-state index contributed by atoms with van der Waals surface area (Å²) in [6.07, 6.45) is 0. The van der Waals surface area contributed by atoms with Crippen molar-refractivity contribution in [3.05, 3.63) is 89.5 Å². The molecule has 0 saturated heterocycles. The Morgan fingerprint density at radius 2 is 1.70 bits per heavy atom. The van der Waals surface area contributed by atoms with Gasteiger partial charge in [0.05, 0.1) is 17.2 Å². The first-order chi connectivity index (χ1) is 14.4. The van der Waals surface area contributed by atoms with Gasteiger partial charge in [-0.1, -0.05) is 36.4 Å². The molecule has 0 spiro atoms. The standard InChI is InChI=1S/C23H24N2O4S/c1-3-29-19-10-7-9-18(15-19)16-24-23(26)21-13-8-14-22(17(21)2)25-30(27,28)20-11-5-4-6-12-20/h4-15,25H,3,16H2,1-2H3,(H,24,26). The fourth-order valence-electron chi connectivity index (χ4n) is 2.98. The van der Waals surface area contributed by atoms with Crippen LogP contribution in [0.25, 0.3) is 0 Å². The summed E-state index contributed by atoms with van der Waals surface area (Å²) in [4.78, 5) is 12.9. The molecule has 6 nitrogen and oxygen atoms in total. The normalized spacial score (nSPS) is 11.0. The third-order valence-corrected chi connectivity index (χ3v) is 5.92. The molecule has 7 heteroatoms. The van der Waals surface area contributed by atoms with E-state index in [9.17, 15) is 13.2 Å². The maximum Gasteiger partial charge on any atom is 0.261 e. The van der Waals surface area contributed by atoms with E-state index in [0.717, 1.165) is 11.3 Å². The van der Waals surface area contributed by atoms with Crippen molar-refractivity contribution in [2.24, 2.45) is 0 Å². The van der Waals surface area contributed by atoms with Crippen molar-refractivity contribution in [1.29, 1.82) is 0 Å². The number of hydrogen-bond donors (Lipinski definition) is 2. The van der Waals surface area contributed by atoms with Gasteiger partial charge in [0.25, 0.3) is 15.9 Å². The van der Waals surface area contributed by atoms with Crippen LogP contribution in [0.3, 0.4) is 0 Å². The lowest BCUT2D eigenvalue weighted by molar-refractivity contribution is 0.0950. The molecule has 0 radical (unpaired) electrons. The minimum atomic E-state index is -3.74. The van der Waals surface area contributed by atoms with Crippen LogP contribution in [0.15, 0.2) is 77.7 Å². The molecular weight excluding hydrogens is 400 g/mol. The second-order valence-corrected chi connectivity index (χ2v) is 8.34. The third kappa shape index (κ3) is 5.18. The Morgan fingerprint density at radius 3 is 2.43 bits per heavy atom. The Balaban J connectivity index is 1.74. The summed E-state index contributed by atoms with van der Waals surface area (Å²) in [7, 11) is -3.74. The molecule has 3 aromatic rings. The first-order valence-corrected chi connectivity index (χ1v) is 11.1. The Labute approximate surface area is 177 Å². The number of amides is 1. The molecular formula is C23H24N2O4S. The average Bonchev–Trinajstić information content (AvgIpc) is 2.74. The van der Waals surface area contributed by atoms with Crippen molar-refractivity contribution >= 4 is 21.6 Å². The molecule has 0 aromatic heterocycles. The van der Waals surface area contributed by atoms with E-state index < -0.39 is 10.0 Å². The predicted molar refractivity (Wildman–Crippen MR) is 117 cm³/mol. The molecule has 1 amide bonds. The second-order valence-electron chi connectivity index (χ2n) is 6.66. The number of anilines is 1. The molecule has 0 atom stereocenters. The molecule has 0 aliphatic carbocycles. The largest absolute Gasteiger partial charge is 0.494 e. The van der Waals surface area contributed by atoms with Crippen LogP contribution >= 0.6 is 0 Å². The summed E-state index contributed by atoms with van der Waals surface area (Å²) < 4.78 is 33.3. The van der Waals surface area contributed by atoms with E-state index in [1.807, 2.05) is 31.2 Å². The zero-order chi connectivity index (χ0) is 21.6. The molecule has 0 aliphatic rings. The highest BCUT2D eigenvalue weighted by Crippen LogP contribution is 2.23. The quantitative estimate of drug-likeness (QED) is 0.570. The topological polar surface area (TPSA) is 84.5 Å². The highest BCUT2D eigenvalue weighted by molar-refractivity contribution is 7.92. The van der Waals surface area contributed by atoms with Gasteiger partial charge in [-0.2, -0.15) is 0 Å². The lowest BCUT2D eigenvalue weighted by atomic mass is 10.1. The number of rotatable bonds is 8. The predicted octanol–water partition coefficient (Wildman–Crippen LogP) is 4.12. The van der Waals surface area contributed by atoms with E-state index in [4.69, 9.17) is 4.74 Å². The molecule has 0 heterocycles. The molecule has 0 aliphatic heterocycles. The van der Waals surface area contributed by atoms with Crippen LogP contribution in [0.5, 0.6) is 5.75 Å². The minimum absolute atomic E-state index is 0.161. The van der Waals surface area contributed by atoms with Gasteiger partial charge in [0.1, 0.15) is 5.75 Å². The van der Waals surface area contributed by atoms with E-state index in [-0.39, 0.29) is 10.8 Å². The van der Waals surface area contributed by atoms with Gasteiger partial charge in [-0.05, 0) is 61.4 Å². The monoisotopic (exact) mass is 424 g/mol. The van der Waals surface area contributed by atoms with Crippen LogP contribution in [0, 0.1) is 6.92 Å². The zero-order valence-electron chi connectivity index (χ0n) is 16.9.